The summed E-state index contributed by atoms with van der Waals surface area (Å²) in [7, 11) is -5.29. The summed E-state index contributed by atoms with van der Waals surface area (Å²) < 4.78 is 52.9. The van der Waals surface area contributed by atoms with Crippen LogP contribution in [0, 0.1) is 23.7 Å². The molecule has 2 aliphatic carbocycles. The minimum Gasteiger partial charge on any atom is -0.443 e. The molecule has 0 heterocycles. The predicted molar refractivity (Wildman–Crippen MR) is 149 cm³/mol. The van der Waals surface area contributed by atoms with Crippen molar-refractivity contribution in [2.75, 3.05) is 24.3 Å². The lowest BCUT2D eigenvalue weighted by atomic mass is 9.84. The zero-order chi connectivity index (χ0) is 26.9. The van der Waals surface area contributed by atoms with Gasteiger partial charge in [0.15, 0.2) is 0 Å². The van der Waals surface area contributed by atoms with Gasteiger partial charge >= 0.3 is 6.09 Å². The highest BCUT2D eigenvalue weighted by Crippen LogP contribution is 2.30. The number of rotatable bonds is 8. The topological polar surface area (TPSA) is 132 Å². The number of hydrogen-bond acceptors (Lipinski definition) is 8. The first-order chi connectivity index (χ1) is 16.1. The van der Waals surface area contributed by atoms with Crippen LogP contribution in [0.3, 0.4) is 0 Å². The lowest BCUT2D eigenvalue weighted by molar-refractivity contribution is -0.112. The second kappa shape index (κ2) is 16.5. The maximum atomic E-state index is 12.2. The van der Waals surface area contributed by atoms with Gasteiger partial charge in [-0.05, 0) is 84.0 Å². The van der Waals surface area contributed by atoms with Crippen molar-refractivity contribution in [3.63, 3.8) is 0 Å². The fraction of sp³-hybridized carbons (Fsp3) is 0.885. The first-order valence-corrected chi connectivity index (χ1v) is 15.9. The molecule has 0 atom stereocenters. The van der Waals surface area contributed by atoms with Crippen molar-refractivity contribution >= 4 is 38.5 Å². The molecule has 0 aromatic heterocycles. The summed E-state index contributed by atoms with van der Waals surface area (Å²) in [6.07, 6.45) is 7.45. The Hall–Kier alpha value is -1.49. The third kappa shape index (κ3) is 14.3. The number of nitrogens with zero attached hydrogens (tertiary/aromatic N) is 1. The standard InChI is InChI=1S/C14H25NO5S.C10H18O3S.2CH4/c1-14(2,3)20-13(17)15(4)21(18,19)10-12-7-5-11(9-16)6-8-12;1-2-14(12,13)8-10-5-3-9(7-11)4-6-10;;/h9,11-12H,5-8,10H2,1-4H3;7,9-10H,2-6,8H2,1H3;2*1H4. The van der Waals surface area contributed by atoms with Gasteiger partial charge in [0.25, 0.3) is 0 Å². The van der Waals surface area contributed by atoms with E-state index in [9.17, 15) is 31.2 Å². The molecule has 37 heavy (non-hydrogen) atoms. The summed E-state index contributed by atoms with van der Waals surface area (Å²) in [5.41, 5.74) is -0.733. The van der Waals surface area contributed by atoms with Gasteiger partial charge in [0.05, 0.1) is 11.5 Å². The predicted octanol–water partition coefficient (Wildman–Crippen LogP) is 4.89. The minimum absolute atomic E-state index is 0. The number of ether oxygens (including phenoxy) is 1. The van der Waals surface area contributed by atoms with Crippen molar-refractivity contribution in [3.05, 3.63) is 0 Å². The molecular weight excluding hydrogens is 518 g/mol. The van der Waals surface area contributed by atoms with E-state index in [1.807, 2.05) is 0 Å². The van der Waals surface area contributed by atoms with Gasteiger partial charge in [-0.25, -0.2) is 25.9 Å². The lowest BCUT2D eigenvalue weighted by Gasteiger charge is -2.28. The Bertz CT molecular complexity index is 893. The number of sulfone groups is 1. The van der Waals surface area contributed by atoms with Gasteiger partial charge in [-0.2, -0.15) is 0 Å². The zero-order valence-electron chi connectivity index (χ0n) is 21.8. The monoisotopic (exact) mass is 569 g/mol. The van der Waals surface area contributed by atoms with Gasteiger partial charge in [-0.1, -0.05) is 21.8 Å². The van der Waals surface area contributed by atoms with Crippen LogP contribution in [0.1, 0.15) is 93.9 Å². The molecule has 2 aliphatic rings. The Morgan fingerprint density at radius 1 is 0.811 bits per heavy atom. The average Bonchev–Trinajstić information content (AvgIpc) is 2.78. The second-order valence-corrected chi connectivity index (χ2v) is 15.2. The fourth-order valence-corrected chi connectivity index (χ4v) is 7.01. The Labute approximate surface area is 226 Å². The number of sulfonamides is 1. The molecule has 9 nitrogen and oxygen atoms in total. The van der Waals surface area contributed by atoms with Crippen LogP contribution in [0.2, 0.25) is 0 Å². The maximum absolute atomic E-state index is 12.2. The van der Waals surface area contributed by atoms with Gasteiger partial charge in [0, 0.05) is 24.6 Å². The zero-order valence-corrected chi connectivity index (χ0v) is 23.4. The Balaban J connectivity index is 0. The van der Waals surface area contributed by atoms with Gasteiger partial charge in [0.1, 0.15) is 28.0 Å². The molecule has 0 unspecified atom stereocenters. The molecule has 0 N–H and O–H groups in total. The van der Waals surface area contributed by atoms with Gasteiger partial charge in [0.2, 0.25) is 10.0 Å². The first kappa shape index (κ1) is 37.7. The highest BCUT2D eigenvalue weighted by Gasteiger charge is 2.32. The number of aldehydes is 2. The quantitative estimate of drug-likeness (QED) is 0.378. The van der Waals surface area contributed by atoms with E-state index in [1.165, 1.54) is 7.05 Å². The molecule has 2 fully saturated rings. The maximum Gasteiger partial charge on any atom is 0.423 e. The van der Waals surface area contributed by atoms with Crippen molar-refractivity contribution in [2.24, 2.45) is 23.7 Å². The van der Waals surface area contributed by atoms with Crippen molar-refractivity contribution in [1.29, 1.82) is 0 Å². The lowest BCUT2D eigenvalue weighted by Crippen LogP contribution is -2.40. The number of amides is 1. The van der Waals surface area contributed by atoms with Gasteiger partial charge in [-0.15, -0.1) is 0 Å². The molecule has 0 radical (unpaired) electrons. The molecule has 0 aromatic carbocycles. The molecule has 2 rings (SSSR count). The van der Waals surface area contributed by atoms with Crippen LogP contribution in [0.25, 0.3) is 0 Å². The molecule has 0 saturated heterocycles. The van der Waals surface area contributed by atoms with Crippen LogP contribution in [0.5, 0.6) is 0 Å². The van der Waals surface area contributed by atoms with E-state index in [2.05, 4.69) is 0 Å². The van der Waals surface area contributed by atoms with Crippen LogP contribution < -0.4 is 0 Å². The minimum atomic E-state index is -3.69. The molecule has 11 heteroatoms. The van der Waals surface area contributed by atoms with E-state index in [-0.39, 0.29) is 50.0 Å². The summed E-state index contributed by atoms with van der Waals surface area (Å²) in [5.74, 6) is 0.986. The van der Waals surface area contributed by atoms with E-state index in [0.29, 0.717) is 22.9 Å². The largest absolute Gasteiger partial charge is 0.443 e. The van der Waals surface area contributed by atoms with Gasteiger partial charge < -0.3 is 14.3 Å². The summed E-state index contributed by atoms with van der Waals surface area (Å²) in [6.45, 7) is 6.75. The van der Waals surface area contributed by atoms with Crippen LogP contribution >= 0.6 is 0 Å². The molecule has 0 aromatic rings. The molecule has 220 valence electrons. The summed E-state index contributed by atoms with van der Waals surface area (Å²) in [6, 6.07) is 0. The highest BCUT2D eigenvalue weighted by molar-refractivity contribution is 7.91. The molecule has 1 amide bonds. The van der Waals surface area contributed by atoms with E-state index < -0.39 is 31.6 Å². The molecular formula is C26H51NO8S2. The van der Waals surface area contributed by atoms with Crippen LogP contribution in [0.15, 0.2) is 0 Å². The third-order valence-corrected chi connectivity index (χ3v) is 10.3. The van der Waals surface area contributed by atoms with E-state index in [4.69, 9.17) is 4.74 Å². The van der Waals surface area contributed by atoms with Crippen molar-refractivity contribution in [1.82, 2.24) is 4.31 Å². The molecule has 2 saturated carbocycles. The Kier molecular flexibility index (Phi) is 16.8. The second-order valence-electron chi connectivity index (χ2n) is 10.8. The fourth-order valence-electron chi connectivity index (χ4n) is 4.31. The summed E-state index contributed by atoms with van der Waals surface area (Å²) in [5, 5.41) is 0. The van der Waals surface area contributed by atoms with Crippen LogP contribution in [-0.4, -0.2) is 69.7 Å². The van der Waals surface area contributed by atoms with Crippen molar-refractivity contribution in [3.8, 4) is 0 Å². The van der Waals surface area contributed by atoms with E-state index in [0.717, 1.165) is 51.1 Å². The summed E-state index contributed by atoms with van der Waals surface area (Å²) >= 11 is 0. The molecule has 0 bridgehead atoms. The first-order valence-electron chi connectivity index (χ1n) is 12.4. The van der Waals surface area contributed by atoms with Crippen LogP contribution in [-0.2, 0) is 34.2 Å². The highest BCUT2D eigenvalue weighted by atomic mass is 32.2. The van der Waals surface area contributed by atoms with Crippen LogP contribution in [0.4, 0.5) is 4.79 Å². The smallest absolute Gasteiger partial charge is 0.423 e. The SMILES string of the molecule is C.C.CCS(=O)(=O)CC1CCC(C=O)CC1.CN(C(=O)OC(C)(C)C)S(=O)(=O)CC1CCC(C=O)CC1. The summed E-state index contributed by atoms with van der Waals surface area (Å²) in [4.78, 5) is 33.0. The van der Waals surface area contributed by atoms with Crippen molar-refractivity contribution in [2.45, 2.75) is 99.5 Å². The Morgan fingerprint density at radius 3 is 1.51 bits per heavy atom. The van der Waals surface area contributed by atoms with Gasteiger partial charge in [-0.3, -0.25) is 0 Å². The van der Waals surface area contributed by atoms with Crippen molar-refractivity contribution < 1.29 is 36.0 Å². The van der Waals surface area contributed by atoms with E-state index in [1.54, 1.807) is 27.7 Å². The number of carbonyl (C=O) groups excluding carboxylic acids is 3. The van der Waals surface area contributed by atoms with E-state index >= 15 is 0 Å². The number of carbonyl (C=O) groups is 3. The molecule has 0 aliphatic heterocycles. The average molecular weight is 570 g/mol. The Morgan fingerprint density at radius 2 is 1.19 bits per heavy atom. The third-order valence-electron chi connectivity index (χ3n) is 6.61. The molecule has 0 spiro atoms. The number of hydrogen-bond donors (Lipinski definition) is 0. The normalized spacial score (nSPS) is 24.1.